The minimum Gasteiger partial charge on any atom is -0.355 e. The van der Waals surface area contributed by atoms with Crippen LogP contribution < -0.4 is 9.62 Å². The average Bonchev–Trinajstić information content (AvgIpc) is 2.73. The minimum atomic E-state index is -3.52. The Morgan fingerprint density at radius 1 is 1.00 bits per heavy atom. The summed E-state index contributed by atoms with van der Waals surface area (Å²) in [4.78, 5) is 27.3. The molecule has 186 valence electrons. The zero-order chi connectivity index (χ0) is 25.5. The van der Waals surface area contributed by atoms with Crippen molar-refractivity contribution in [3.05, 3.63) is 64.7 Å². The number of benzene rings is 2. The number of nitrogens with one attached hydrogen (secondary N) is 1. The smallest absolute Gasteiger partial charge is 0.242 e. The Balaban J connectivity index is 2.18. The van der Waals surface area contributed by atoms with Crippen molar-refractivity contribution in [3.63, 3.8) is 0 Å². The first kappa shape index (κ1) is 27.4. The Morgan fingerprint density at radius 2 is 1.65 bits per heavy atom. The van der Waals surface area contributed by atoms with Crippen molar-refractivity contribution in [2.24, 2.45) is 0 Å². The van der Waals surface area contributed by atoms with Crippen LogP contribution in [0.25, 0.3) is 0 Å². The minimum absolute atomic E-state index is 0.131. The maximum absolute atomic E-state index is 13.2. The summed E-state index contributed by atoms with van der Waals surface area (Å²) in [6, 6.07) is 12.8. The van der Waals surface area contributed by atoms with Crippen LogP contribution in [0, 0.1) is 20.8 Å². The highest BCUT2D eigenvalue weighted by atomic mass is 32.2. The van der Waals surface area contributed by atoms with E-state index in [0.717, 1.165) is 22.3 Å². The first-order chi connectivity index (χ1) is 15.9. The molecule has 1 N–H and O–H groups in total. The fourth-order valence-corrected chi connectivity index (χ4v) is 4.96. The quantitative estimate of drug-likeness (QED) is 0.523. The SMILES string of the molecule is CCNC(=O)C(C)N(Cc1cccc(C)c1)C(=O)CCCN(c1cc(C)cc(C)c1)S(C)(=O)=O. The van der Waals surface area contributed by atoms with Gasteiger partial charge >= 0.3 is 0 Å². The lowest BCUT2D eigenvalue weighted by molar-refractivity contribution is -0.140. The molecule has 0 aliphatic heterocycles. The second-order valence-electron chi connectivity index (χ2n) is 8.87. The van der Waals surface area contributed by atoms with Gasteiger partial charge in [0.15, 0.2) is 0 Å². The van der Waals surface area contributed by atoms with Gasteiger partial charge in [0.05, 0.1) is 11.9 Å². The zero-order valence-corrected chi connectivity index (χ0v) is 21.9. The number of amides is 2. The van der Waals surface area contributed by atoms with E-state index in [1.807, 2.05) is 70.2 Å². The molecule has 0 aromatic heterocycles. The van der Waals surface area contributed by atoms with Gasteiger partial charge in [-0.1, -0.05) is 35.9 Å². The number of carbonyl (C=O) groups excluding carboxylic acids is 2. The summed E-state index contributed by atoms with van der Waals surface area (Å²) >= 11 is 0. The Morgan fingerprint density at radius 3 is 2.21 bits per heavy atom. The maximum atomic E-state index is 13.2. The van der Waals surface area contributed by atoms with Gasteiger partial charge in [0.2, 0.25) is 21.8 Å². The van der Waals surface area contributed by atoms with Crippen molar-refractivity contribution in [2.75, 3.05) is 23.7 Å². The van der Waals surface area contributed by atoms with Gasteiger partial charge in [0.25, 0.3) is 0 Å². The molecule has 1 atom stereocenters. The standard InChI is InChI=1S/C26H37N3O4S/c1-7-27-26(31)22(5)28(18-23-11-8-10-19(2)15-23)25(30)12-9-13-29(34(6,32)33)24-16-20(3)14-21(4)17-24/h8,10-11,14-17,22H,7,9,12-13,18H2,1-6H3,(H,27,31). The molecule has 2 aromatic rings. The molecule has 0 aliphatic carbocycles. The number of carbonyl (C=O) groups is 2. The van der Waals surface area contributed by atoms with Crippen molar-refractivity contribution in [3.8, 4) is 0 Å². The van der Waals surface area contributed by atoms with E-state index in [4.69, 9.17) is 0 Å². The van der Waals surface area contributed by atoms with Crippen molar-refractivity contribution < 1.29 is 18.0 Å². The molecule has 0 radical (unpaired) electrons. The summed E-state index contributed by atoms with van der Waals surface area (Å²) in [5, 5.41) is 2.78. The van der Waals surface area contributed by atoms with Crippen LogP contribution in [0.1, 0.15) is 48.9 Å². The molecule has 0 aliphatic rings. The van der Waals surface area contributed by atoms with Crippen molar-refractivity contribution in [1.82, 2.24) is 10.2 Å². The highest BCUT2D eigenvalue weighted by Gasteiger charge is 2.26. The largest absolute Gasteiger partial charge is 0.355 e. The third-order valence-electron chi connectivity index (χ3n) is 5.60. The molecular formula is C26H37N3O4S. The normalized spacial score (nSPS) is 12.2. The Kier molecular flexibility index (Phi) is 9.67. The van der Waals surface area contributed by atoms with E-state index in [2.05, 4.69) is 5.32 Å². The molecule has 1 unspecified atom stereocenters. The fourth-order valence-electron chi connectivity index (χ4n) is 4.01. The van der Waals surface area contributed by atoms with Crippen LogP contribution in [0.5, 0.6) is 0 Å². The lowest BCUT2D eigenvalue weighted by atomic mass is 10.1. The summed E-state index contributed by atoms with van der Waals surface area (Å²) in [6.45, 7) is 10.4. The number of likely N-dealkylation sites (N-methyl/N-ethyl adjacent to an activating group) is 1. The molecule has 0 fully saturated rings. The van der Waals surface area contributed by atoms with Gasteiger partial charge in [0.1, 0.15) is 6.04 Å². The van der Waals surface area contributed by atoms with E-state index in [9.17, 15) is 18.0 Å². The van der Waals surface area contributed by atoms with E-state index in [1.165, 1.54) is 10.6 Å². The number of hydrogen-bond acceptors (Lipinski definition) is 4. The molecule has 7 nitrogen and oxygen atoms in total. The number of aryl methyl sites for hydroxylation is 3. The molecule has 2 amide bonds. The summed E-state index contributed by atoms with van der Waals surface area (Å²) in [5.41, 5.74) is 4.56. The first-order valence-electron chi connectivity index (χ1n) is 11.6. The van der Waals surface area contributed by atoms with Gasteiger partial charge in [-0.05, 0) is 69.9 Å². The van der Waals surface area contributed by atoms with Crippen LogP contribution in [-0.4, -0.2) is 50.5 Å². The third-order valence-corrected chi connectivity index (χ3v) is 6.79. The van der Waals surface area contributed by atoms with Gasteiger partial charge in [-0.2, -0.15) is 0 Å². The Labute approximate surface area is 204 Å². The second kappa shape index (κ2) is 12.0. The molecule has 2 aromatic carbocycles. The number of nitrogens with zero attached hydrogens (tertiary/aromatic N) is 2. The average molecular weight is 488 g/mol. The fraction of sp³-hybridized carbons (Fsp3) is 0.462. The topological polar surface area (TPSA) is 86.8 Å². The Hall–Kier alpha value is -2.87. The number of hydrogen-bond donors (Lipinski definition) is 1. The summed E-state index contributed by atoms with van der Waals surface area (Å²) in [7, 11) is -3.52. The lowest BCUT2D eigenvalue weighted by Crippen LogP contribution is -2.47. The zero-order valence-electron chi connectivity index (χ0n) is 21.1. The van der Waals surface area contributed by atoms with Crippen LogP contribution in [-0.2, 0) is 26.2 Å². The number of sulfonamides is 1. The molecule has 0 saturated carbocycles. The van der Waals surface area contributed by atoms with E-state index in [1.54, 1.807) is 11.8 Å². The monoisotopic (exact) mass is 487 g/mol. The number of anilines is 1. The molecule has 8 heteroatoms. The van der Waals surface area contributed by atoms with Crippen molar-refractivity contribution in [1.29, 1.82) is 0 Å². The van der Waals surface area contributed by atoms with E-state index in [0.29, 0.717) is 25.2 Å². The molecule has 34 heavy (non-hydrogen) atoms. The van der Waals surface area contributed by atoms with Crippen molar-refractivity contribution >= 4 is 27.5 Å². The molecule has 0 spiro atoms. The van der Waals surface area contributed by atoms with Crippen LogP contribution in [0.4, 0.5) is 5.69 Å². The van der Waals surface area contributed by atoms with Gasteiger partial charge in [0, 0.05) is 26.1 Å². The summed E-state index contributed by atoms with van der Waals surface area (Å²) in [6.07, 6.45) is 1.64. The highest BCUT2D eigenvalue weighted by Crippen LogP contribution is 2.22. The van der Waals surface area contributed by atoms with Gasteiger partial charge < -0.3 is 10.2 Å². The van der Waals surface area contributed by atoms with Crippen LogP contribution in [0.15, 0.2) is 42.5 Å². The van der Waals surface area contributed by atoms with E-state index in [-0.39, 0.29) is 24.8 Å². The molecule has 0 heterocycles. The lowest BCUT2D eigenvalue weighted by Gasteiger charge is -2.29. The Bertz CT molecular complexity index is 1090. The van der Waals surface area contributed by atoms with E-state index < -0.39 is 16.1 Å². The predicted molar refractivity (Wildman–Crippen MR) is 137 cm³/mol. The predicted octanol–water partition coefficient (Wildman–Crippen LogP) is 3.71. The molecular weight excluding hydrogens is 450 g/mol. The molecule has 0 bridgehead atoms. The highest BCUT2D eigenvalue weighted by molar-refractivity contribution is 7.92. The van der Waals surface area contributed by atoms with Crippen LogP contribution in [0.2, 0.25) is 0 Å². The third kappa shape index (κ3) is 7.87. The summed E-state index contributed by atoms with van der Waals surface area (Å²) < 4.78 is 26.3. The first-order valence-corrected chi connectivity index (χ1v) is 13.5. The van der Waals surface area contributed by atoms with Gasteiger partial charge in [-0.15, -0.1) is 0 Å². The molecule has 0 saturated heterocycles. The van der Waals surface area contributed by atoms with Crippen molar-refractivity contribution in [2.45, 2.75) is 60.0 Å². The maximum Gasteiger partial charge on any atom is 0.242 e. The van der Waals surface area contributed by atoms with Gasteiger partial charge in [-0.3, -0.25) is 13.9 Å². The number of rotatable bonds is 11. The van der Waals surface area contributed by atoms with E-state index >= 15 is 0 Å². The summed E-state index contributed by atoms with van der Waals surface area (Å²) in [5.74, 6) is -0.398. The second-order valence-corrected chi connectivity index (χ2v) is 10.8. The van der Waals surface area contributed by atoms with Crippen LogP contribution in [0.3, 0.4) is 0 Å². The van der Waals surface area contributed by atoms with Gasteiger partial charge in [-0.25, -0.2) is 8.42 Å². The van der Waals surface area contributed by atoms with Crippen LogP contribution >= 0.6 is 0 Å². The molecule has 2 rings (SSSR count).